The van der Waals surface area contributed by atoms with Crippen molar-refractivity contribution in [3.8, 4) is 0 Å². The smallest absolute Gasteiger partial charge is 0.0750 e. The summed E-state index contributed by atoms with van der Waals surface area (Å²) in [6.45, 7) is 11.3. The Morgan fingerprint density at radius 1 is 1.06 bits per heavy atom. The third kappa shape index (κ3) is 7.43. The summed E-state index contributed by atoms with van der Waals surface area (Å²) in [5.74, 6) is 0. The largest absolute Gasteiger partial charge is 0.392 e. The molecule has 0 bridgehead atoms. The molecule has 2 atom stereocenters. The monoisotopic (exact) mass is 254 g/mol. The van der Waals surface area contributed by atoms with Gasteiger partial charge in [0.1, 0.15) is 0 Å². The molecule has 0 radical (unpaired) electrons. The molecule has 0 aromatic heterocycles. The average molecular weight is 254 g/mol. The summed E-state index contributed by atoms with van der Waals surface area (Å²) in [5.41, 5.74) is 2.54. The molecule has 0 amide bonds. The Morgan fingerprint density at radius 2 is 1.61 bits per heavy atom. The molecule has 18 heavy (non-hydrogen) atoms. The van der Waals surface area contributed by atoms with Crippen molar-refractivity contribution in [1.82, 2.24) is 0 Å². The molecule has 0 spiro atoms. The zero-order valence-electron chi connectivity index (χ0n) is 11.5. The van der Waals surface area contributed by atoms with Crippen molar-refractivity contribution >= 4 is 0 Å². The summed E-state index contributed by atoms with van der Waals surface area (Å²) in [6.07, 6.45) is 3.15. The van der Waals surface area contributed by atoms with Gasteiger partial charge in [-0.1, -0.05) is 30.4 Å². The zero-order chi connectivity index (χ0) is 14.1. The highest BCUT2D eigenvalue weighted by Gasteiger charge is 2.11. The molecule has 0 aliphatic carbocycles. The number of allylic oxidation sites excluding steroid dienone is 1. The minimum atomic E-state index is -0.552. The fraction of sp³-hybridized carbons (Fsp3) is 0.600. The van der Waals surface area contributed by atoms with E-state index in [9.17, 15) is 10.2 Å². The lowest BCUT2D eigenvalue weighted by molar-refractivity contribution is 0.179. The lowest BCUT2D eigenvalue weighted by atomic mass is 9.97. The summed E-state index contributed by atoms with van der Waals surface area (Å²) in [6, 6.07) is 0. The van der Waals surface area contributed by atoms with E-state index in [-0.39, 0.29) is 6.61 Å². The van der Waals surface area contributed by atoms with Gasteiger partial charge in [0.25, 0.3) is 0 Å². The van der Waals surface area contributed by atoms with Crippen LogP contribution < -0.4 is 0 Å². The Kier molecular flexibility index (Phi) is 8.63. The normalized spacial score (nSPS) is 15.3. The van der Waals surface area contributed by atoms with E-state index in [1.54, 1.807) is 13.0 Å². The van der Waals surface area contributed by atoms with Gasteiger partial charge in [-0.3, -0.25) is 0 Å². The molecule has 0 aliphatic rings. The number of rotatable bonds is 9. The van der Waals surface area contributed by atoms with Gasteiger partial charge in [0, 0.05) is 0 Å². The molecule has 0 saturated carbocycles. The van der Waals surface area contributed by atoms with Crippen LogP contribution in [0.5, 0.6) is 0 Å². The number of aliphatic hydroxyl groups excluding tert-OH is 3. The van der Waals surface area contributed by atoms with Gasteiger partial charge in [-0.05, 0) is 45.1 Å². The van der Waals surface area contributed by atoms with E-state index < -0.39 is 12.2 Å². The molecular weight excluding hydrogens is 228 g/mol. The maximum absolute atomic E-state index is 9.89. The average Bonchev–Trinajstić information content (AvgIpc) is 2.32. The third-order valence-corrected chi connectivity index (χ3v) is 3.03. The maximum Gasteiger partial charge on any atom is 0.0750 e. The first-order chi connectivity index (χ1) is 8.38. The fourth-order valence-electron chi connectivity index (χ4n) is 1.56. The minimum Gasteiger partial charge on any atom is -0.392 e. The van der Waals surface area contributed by atoms with Crippen molar-refractivity contribution in [2.24, 2.45) is 0 Å². The van der Waals surface area contributed by atoms with E-state index in [0.29, 0.717) is 19.3 Å². The zero-order valence-corrected chi connectivity index (χ0v) is 11.5. The molecule has 3 heteroatoms. The molecular formula is C15H26O3. The van der Waals surface area contributed by atoms with Crippen LogP contribution in [0.2, 0.25) is 0 Å². The van der Waals surface area contributed by atoms with Crippen molar-refractivity contribution in [1.29, 1.82) is 0 Å². The van der Waals surface area contributed by atoms with Crippen LogP contribution in [0, 0.1) is 0 Å². The van der Waals surface area contributed by atoms with E-state index in [4.69, 9.17) is 5.11 Å². The summed E-state index contributed by atoms with van der Waals surface area (Å²) in [5, 5.41) is 28.2. The molecule has 2 unspecified atom stereocenters. The minimum absolute atomic E-state index is 0.0354. The number of hydrogen-bond acceptors (Lipinski definition) is 3. The summed E-state index contributed by atoms with van der Waals surface area (Å²) >= 11 is 0. The van der Waals surface area contributed by atoms with Crippen molar-refractivity contribution in [3.63, 3.8) is 0 Å². The number of hydrogen-bond donors (Lipinski definition) is 3. The quantitative estimate of drug-likeness (QED) is 0.553. The topological polar surface area (TPSA) is 60.7 Å². The fourth-order valence-corrected chi connectivity index (χ4v) is 1.56. The second kappa shape index (κ2) is 9.09. The lowest BCUT2D eigenvalue weighted by Gasteiger charge is -2.16. The van der Waals surface area contributed by atoms with E-state index in [1.165, 1.54) is 0 Å². The molecule has 3 N–H and O–H groups in total. The highest BCUT2D eigenvalue weighted by Crippen LogP contribution is 2.18. The molecule has 0 heterocycles. The van der Waals surface area contributed by atoms with Crippen LogP contribution in [-0.4, -0.2) is 34.1 Å². The Hall–Kier alpha value is -0.900. The van der Waals surface area contributed by atoms with E-state index in [2.05, 4.69) is 13.2 Å². The van der Waals surface area contributed by atoms with Crippen molar-refractivity contribution in [2.45, 2.75) is 51.7 Å². The van der Waals surface area contributed by atoms with E-state index >= 15 is 0 Å². The van der Waals surface area contributed by atoms with Crippen LogP contribution in [-0.2, 0) is 0 Å². The van der Waals surface area contributed by atoms with Crippen LogP contribution in [0.1, 0.15) is 39.5 Å². The second-order valence-corrected chi connectivity index (χ2v) is 4.85. The lowest BCUT2D eigenvalue weighted by Crippen LogP contribution is -2.13. The van der Waals surface area contributed by atoms with Crippen molar-refractivity contribution < 1.29 is 15.3 Å². The van der Waals surface area contributed by atoms with E-state index in [0.717, 1.165) is 23.1 Å². The molecule has 0 aromatic rings. The van der Waals surface area contributed by atoms with Crippen molar-refractivity contribution in [3.05, 3.63) is 36.0 Å². The van der Waals surface area contributed by atoms with Crippen LogP contribution >= 0.6 is 0 Å². The second-order valence-electron chi connectivity index (χ2n) is 4.85. The standard InChI is InChI=1S/C15H26O3/c1-11(2)14(17)8-6-13(4)15(18)7-5-12(3)9-10-16/h9,14-18H,1,4-8,10H2,2-3H3/b12-9+. The maximum atomic E-state index is 9.89. The van der Waals surface area contributed by atoms with Crippen LogP contribution in [0.15, 0.2) is 36.0 Å². The van der Waals surface area contributed by atoms with Gasteiger partial charge in [0.2, 0.25) is 0 Å². The van der Waals surface area contributed by atoms with Gasteiger partial charge < -0.3 is 15.3 Å². The van der Waals surface area contributed by atoms with Crippen LogP contribution in [0.4, 0.5) is 0 Å². The predicted molar refractivity (Wildman–Crippen MR) is 75.3 cm³/mol. The molecule has 104 valence electrons. The van der Waals surface area contributed by atoms with Crippen LogP contribution in [0.25, 0.3) is 0 Å². The Balaban J connectivity index is 3.97. The van der Waals surface area contributed by atoms with Gasteiger partial charge >= 0.3 is 0 Å². The first-order valence-electron chi connectivity index (χ1n) is 6.34. The van der Waals surface area contributed by atoms with Gasteiger partial charge in [-0.25, -0.2) is 0 Å². The summed E-state index contributed by atoms with van der Waals surface area (Å²) in [4.78, 5) is 0. The third-order valence-electron chi connectivity index (χ3n) is 3.03. The highest BCUT2D eigenvalue weighted by molar-refractivity contribution is 5.07. The van der Waals surface area contributed by atoms with Crippen molar-refractivity contribution in [2.75, 3.05) is 6.61 Å². The van der Waals surface area contributed by atoms with Gasteiger partial charge in [0.05, 0.1) is 18.8 Å². The first-order valence-corrected chi connectivity index (χ1v) is 6.34. The molecule has 0 aromatic carbocycles. The summed E-state index contributed by atoms with van der Waals surface area (Å²) in [7, 11) is 0. The van der Waals surface area contributed by atoms with Gasteiger partial charge in [-0.15, -0.1) is 0 Å². The SMILES string of the molecule is C=C(C)C(O)CCC(=C)C(O)CC/C(C)=C/CO. The highest BCUT2D eigenvalue weighted by atomic mass is 16.3. The van der Waals surface area contributed by atoms with E-state index in [1.807, 2.05) is 6.92 Å². The molecule has 3 nitrogen and oxygen atoms in total. The summed E-state index contributed by atoms with van der Waals surface area (Å²) < 4.78 is 0. The van der Waals surface area contributed by atoms with Crippen LogP contribution in [0.3, 0.4) is 0 Å². The molecule has 0 rings (SSSR count). The Morgan fingerprint density at radius 3 is 2.11 bits per heavy atom. The van der Waals surface area contributed by atoms with Gasteiger partial charge in [0.15, 0.2) is 0 Å². The first kappa shape index (κ1) is 17.1. The Bertz CT molecular complexity index is 305. The molecule has 0 saturated heterocycles. The number of aliphatic hydroxyl groups is 3. The van der Waals surface area contributed by atoms with Gasteiger partial charge in [-0.2, -0.15) is 0 Å². The molecule has 0 fully saturated rings. The molecule has 0 aliphatic heterocycles. The Labute approximate surface area is 110 Å². The predicted octanol–water partition coefficient (Wildman–Crippen LogP) is 2.34.